The molecule has 1 fully saturated rings. The largest absolute Gasteiger partial charge is 0.236 e. The fourth-order valence-corrected chi connectivity index (χ4v) is 5.13. The molecule has 1 unspecified atom stereocenters. The van der Waals surface area contributed by atoms with Crippen LogP contribution in [-0.2, 0) is 0 Å². The van der Waals surface area contributed by atoms with Gasteiger partial charge in [-0.05, 0) is 57.7 Å². The van der Waals surface area contributed by atoms with Gasteiger partial charge in [-0.3, -0.25) is 0 Å². The Balaban J connectivity index is 1.86. The molecule has 4 heteroatoms. The number of benzene rings is 1. The lowest BCUT2D eigenvalue weighted by Crippen LogP contribution is -2.47. The third kappa shape index (κ3) is 2.67. The van der Waals surface area contributed by atoms with E-state index in [1.165, 1.54) is 28.3 Å². The molecule has 1 saturated heterocycles. The number of fused-ring (bicyclic) bond motifs is 1. The number of para-hydroxylation sites is 1. The molecule has 0 radical (unpaired) electrons. The van der Waals surface area contributed by atoms with Crippen molar-refractivity contribution in [3.05, 3.63) is 24.3 Å². The average Bonchev–Trinajstić information content (AvgIpc) is 2.76. The van der Waals surface area contributed by atoms with E-state index in [1.54, 1.807) is 11.3 Å². The van der Waals surface area contributed by atoms with Crippen LogP contribution in [0.2, 0.25) is 0 Å². The Morgan fingerprint density at radius 3 is 2.89 bits per heavy atom. The molecule has 2 nitrogen and oxygen atoms in total. The van der Waals surface area contributed by atoms with Crippen molar-refractivity contribution in [1.29, 1.82) is 0 Å². The van der Waals surface area contributed by atoms with E-state index in [-0.39, 0.29) is 5.54 Å². The molecule has 1 aliphatic rings. The smallest absolute Gasteiger partial charge is 0.166 e. The zero-order valence-corrected chi connectivity index (χ0v) is 13.4. The topological polar surface area (TPSA) is 16.1 Å². The van der Waals surface area contributed by atoms with Gasteiger partial charge in [0.25, 0.3) is 0 Å². The lowest BCUT2D eigenvalue weighted by atomic mass is 9.90. The van der Waals surface area contributed by atoms with Gasteiger partial charge in [-0.15, -0.1) is 11.3 Å². The Kier molecular flexibility index (Phi) is 3.58. The standard InChI is InChI=1S/C15H20N2S2/c1-11-7-6-10-15(2,3)17(11)19-14-16-12-8-4-5-9-13(12)18-14/h4-5,8-9,11H,6-7,10H2,1-3H3. The minimum absolute atomic E-state index is 0.264. The molecule has 1 atom stereocenters. The number of thiazole rings is 1. The summed E-state index contributed by atoms with van der Waals surface area (Å²) in [5.41, 5.74) is 1.39. The number of rotatable bonds is 2. The van der Waals surface area contributed by atoms with E-state index < -0.39 is 0 Å². The summed E-state index contributed by atoms with van der Waals surface area (Å²) in [5.74, 6) is 0. The average molecular weight is 292 g/mol. The van der Waals surface area contributed by atoms with Crippen molar-refractivity contribution in [3.63, 3.8) is 0 Å². The molecule has 0 spiro atoms. The Morgan fingerprint density at radius 2 is 2.16 bits per heavy atom. The van der Waals surface area contributed by atoms with Crippen LogP contribution in [0.25, 0.3) is 10.2 Å². The van der Waals surface area contributed by atoms with E-state index in [4.69, 9.17) is 4.98 Å². The van der Waals surface area contributed by atoms with Crippen LogP contribution in [0.5, 0.6) is 0 Å². The van der Waals surface area contributed by atoms with Crippen LogP contribution >= 0.6 is 23.3 Å². The molecule has 1 aromatic carbocycles. The molecule has 1 aromatic heterocycles. The maximum Gasteiger partial charge on any atom is 0.166 e. The number of hydrogen-bond acceptors (Lipinski definition) is 4. The van der Waals surface area contributed by atoms with Crippen LogP contribution in [0.1, 0.15) is 40.0 Å². The molecule has 2 aromatic rings. The first-order valence-corrected chi connectivity index (χ1v) is 8.48. The third-order valence-electron chi connectivity index (χ3n) is 3.86. The van der Waals surface area contributed by atoms with Gasteiger partial charge < -0.3 is 0 Å². The van der Waals surface area contributed by atoms with Gasteiger partial charge in [0.15, 0.2) is 4.34 Å². The summed E-state index contributed by atoms with van der Waals surface area (Å²) in [6.07, 6.45) is 3.90. The fourth-order valence-electron chi connectivity index (χ4n) is 2.84. The van der Waals surface area contributed by atoms with Crippen LogP contribution in [0.3, 0.4) is 0 Å². The lowest BCUT2D eigenvalue weighted by molar-refractivity contribution is 0.135. The van der Waals surface area contributed by atoms with Gasteiger partial charge in [0.05, 0.1) is 10.2 Å². The minimum Gasteiger partial charge on any atom is -0.236 e. The Morgan fingerprint density at radius 1 is 1.37 bits per heavy atom. The molecule has 2 heterocycles. The predicted molar refractivity (Wildman–Crippen MR) is 84.7 cm³/mol. The third-order valence-corrected chi connectivity index (χ3v) is 6.46. The molecule has 0 amide bonds. The second-order valence-electron chi connectivity index (χ2n) is 5.92. The van der Waals surface area contributed by atoms with E-state index in [9.17, 15) is 0 Å². The lowest BCUT2D eigenvalue weighted by Gasteiger charge is -2.45. The van der Waals surface area contributed by atoms with Crippen molar-refractivity contribution in [2.75, 3.05) is 0 Å². The zero-order chi connectivity index (χ0) is 13.5. The van der Waals surface area contributed by atoms with E-state index >= 15 is 0 Å². The summed E-state index contributed by atoms with van der Waals surface area (Å²) in [6, 6.07) is 9.02. The summed E-state index contributed by atoms with van der Waals surface area (Å²) in [6.45, 7) is 7.03. The first kappa shape index (κ1) is 13.4. The highest BCUT2D eigenvalue weighted by Gasteiger charge is 2.35. The molecular weight excluding hydrogens is 272 g/mol. The highest BCUT2D eigenvalue weighted by molar-refractivity contribution is 7.99. The SMILES string of the molecule is CC1CCCC(C)(C)N1Sc1nc2ccccc2s1. The Labute approximate surface area is 123 Å². The molecule has 19 heavy (non-hydrogen) atoms. The number of nitrogens with zero attached hydrogens (tertiary/aromatic N) is 2. The molecule has 3 rings (SSSR count). The molecule has 102 valence electrons. The fraction of sp³-hybridized carbons (Fsp3) is 0.533. The molecule has 0 aliphatic carbocycles. The van der Waals surface area contributed by atoms with Crippen molar-refractivity contribution in [2.24, 2.45) is 0 Å². The zero-order valence-electron chi connectivity index (χ0n) is 11.7. The van der Waals surface area contributed by atoms with E-state index in [1.807, 2.05) is 11.9 Å². The van der Waals surface area contributed by atoms with E-state index in [0.717, 1.165) is 5.52 Å². The summed E-state index contributed by atoms with van der Waals surface area (Å²) >= 11 is 3.65. The number of aromatic nitrogens is 1. The van der Waals surface area contributed by atoms with E-state index in [2.05, 4.69) is 49.3 Å². The van der Waals surface area contributed by atoms with Crippen LogP contribution in [-0.4, -0.2) is 20.9 Å². The van der Waals surface area contributed by atoms with Crippen molar-refractivity contribution in [3.8, 4) is 0 Å². The monoisotopic (exact) mass is 292 g/mol. The van der Waals surface area contributed by atoms with Gasteiger partial charge >= 0.3 is 0 Å². The van der Waals surface area contributed by atoms with Gasteiger partial charge in [0.2, 0.25) is 0 Å². The van der Waals surface area contributed by atoms with Gasteiger partial charge in [0.1, 0.15) is 0 Å². The van der Waals surface area contributed by atoms with Crippen molar-refractivity contribution in [1.82, 2.24) is 9.29 Å². The second-order valence-corrected chi connectivity index (χ2v) is 8.17. The van der Waals surface area contributed by atoms with Crippen LogP contribution in [0, 0.1) is 0 Å². The molecule has 1 aliphatic heterocycles. The molecule has 0 N–H and O–H groups in total. The van der Waals surface area contributed by atoms with Gasteiger partial charge in [-0.1, -0.05) is 18.6 Å². The number of hydrogen-bond donors (Lipinski definition) is 0. The van der Waals surface area contributed by atoms with Crippen LogP contribution < -0.4 is 0 Å². The van der Waals surface area contributed by atoms with Crippen molar-refractivity contribution >= 4 is 33.5 Å². The maximum absolute atomic E-state index is 4.75. The second kappa shape index (κ2) is 5.08. The van der Waals surface area contributed by atoms with Crippen molar-refractivity contribution < 1.29 is 0 Å². The summed E-state index contributed by atoms with van der Waals surface area (Å²) in [5, 5.41) is 0. The van der Waals surface area contributed by atoms with Gasteiger partial charge in [-0.2, -0.15) is 0 Å². The molecule has 0 bridgehead atoms. The first-order valence-electron chi connectivity index (χ1n) is 6.89. The quantitative estimate of drug-likeness (QED) is 0.728. The highest BCUT2D eigenvalue weighted by atomic mass is 32.2. The first-order chi connectivity index (χ1) is 9.06. The minimum atomic E-state index is 0.264. The predicted octanol–water partition coefficient (Wildman–Crippen LogP) is 4.96. The van der Waals surface area contributed by atoms with Crippen LogP contribution in [0.4, 0.5) is 0 Å². The van der Waals surface area contributed by atoms with Crippen molar-refractivity contribution in [2.45, 2.75) is 56.0 Å². The van der Waals surface area contributed by atoms with Gasteiger partial charge in [-0.25, -0.2) is 9.29 Å². The normalized spacial score (nSPS) is 23.8. The van der Waals surface area contributed by atoms with E-state index in [0.29, 0.717) is 6.04 Å². The molecular formula is C15H20N2S2. The Hall–Kier alpha value is -0.580. The van der Waals surface area contributed by atoms with Gasteiger partial charge in [0, 0.05) is 11.6 Å². The summed E-state index contributed by atoms with van der Waals surface area (Å²) in [7, 11) is 0. The summed E-state index contributed by atoms with van der Waals surface area (Å²) in [4.78, 5) is 4.75. The molecule has 0 saturated carbocycles. The summed E-state index contributed by atoms with van der Waals surface area (Å²) < 4.78 is 5.00. The maximum atomic E-state index is 4.75. The highest BCUT2D eigenvalue weighted by Crippen LogP contribution is 2.41. The van der Waals surface area contributed by atoms with Crippen LogP contribution in [0.15, 0.2) is 28.6 Å². The number of piperidine rings is 1. The Bertz CT molecular complexity index is 543.